The van der Waals surface area contributed by atoms with E-state index in [1.54, 1.807) is 0 Å². The molecule has 0 spiro atoms. The molecule has 1 saturated carbocycles. The Balaban J connectivity index is 2.23. The van der Waals surface area contributed by atoms with E-state index in [0.717, 1.165) is 17.6 Å². The highest BCUT2D eigenvalue weighted by molar-refractivity contribution is 7.80. The van der Waals surface area contributed by atoms with Crippen molar-refractivity contribution >= 4 is 17.3 Å². The van der Waals surface area contributed by atoms with Gasteiger partial charge in [-0.2, -0.15) is 0 Å². The third-order valence-corrected chi connectivity index (χ3v) is 2.87. The molecule has 76 valence electrons. The van der Waals surface area contributed by atoms with Crippen molar-refractivity contribution in [3.05, 3.63) is 0 Å². The molecule has 3 heteroatoms. The lowest BCUT2D eigenvalue weighted by Crippen LogP contribution is -2.43. The summed E-state index contributed by atoms with van der Waals surface area (Å²) in [5.74, 6) is 0.857. The summed E-state index contributed by atoms with van der Waals surface area (Å²) in [6, 6.07) is 0.607. The largest absolute Gasteiger partial charge is 0.363 e. The minimum atomic E-state index is 0.607. The van der Waals surface area contributed by atoms with Gasteiger partial charge in [-0.25, -0.2) is 0 Å². The molecule has 0 radical (unpaired) electrons. The van der Waals surface area contributed by atoms with Gasteiger partial charge in [0.25, 0.3) is 0 Å². The van der Waals surface area contributed by atoms with E-state index < -0.39 is 0 Å². The van der Waals surface area contributed by atoms with Crippen molar-refractivity contribution in [2.75, 3.05) is 6.54 Å². The SMILES string of the molecule is CCNC(=S)NC1CCCC(C)C1. The van der Waals surface area contributed by atoms with Crippen LogP contribution in [0.2, 0.25) is 0 Å². The van der Waals surface area contributed by atoms with Gasteiger partial charge in [-0.15, -0.1) is 0 Å². The molecule has 0 bridgehead atoms. The van der Waals surface area contributed by atoms with Crippen molar-refractivity contribution in [3.8, 4) is 0 Å². The summed E-state index contributed by atoms with van der Waals surface area (Å²) >= 11 is 5.15. The summed E-state index contributed by atoms with van der Waals surface area (Å²) in [6.45, 7) is 5.30. The summed E-state index contributed by atoms with van der Waals surface area (Å²) in [4.78, 5) is 0. The van der Waals surface area contributed by atoms with Crippen molar-refractivity contribution in [3.63, 3.8) is 0 Å². The average molecular weight is 200 g/mol. The topological polar surface area (TPSA) is 24.1 Å². The fourth-order valence-electron chi connectivity index (χ4n) is 1.96. The van der Waals surface area contributed by atoms with E-state index in [2.05, 4.69) is 24.5 Å². The van der Waals surface area contributed by atoms with Crippen molar-refractivity contribution in [1.82, 2.24) is 10.6 Å². The molecule has 13 heavy (non-hydrogen) atoms. The third kappa shape index (κ3) is 3.94. The zero-order valence-electron chi connectivity index (χ0n) is 8.60. The first-order valence-electron chi connectivity index (χ1n) is 5.26. The van der Waals surface area contributed by atoms with Crippen LogP contribution >= 0.6 is 12.2 Å². The van der Waals surface area contributed by atoms with Crippen LogP contribution in [0.1, 0.15) is 39.5 Å². The highest BCUT2D eigenvalue weighted by atomic mass is 32.1. The number of thiocarbonyl (C=S) groups is 1. The van der Waals surface area contributed by atoms with Crippen LogP contribution in [-0.4, -0.2) is 17.7 Å². The lowest BCUT2D eigenvalue weighted by atomic mass is 9.87. The maximum atomic E-state index is 5.15. The van der Waals surface area contributed by atoms with Gasteiger partial charge in [-0.1, -0.05) is 19.8 Å². The molecule has 1 aliphatic rings. The molecule has 2 nitrogen and oxygen atoms in total. The first-order chi connectivity index (χ1) is 6.22. The number of hydrogen-bond donors (Lipinski definition) is 2. The van der Waals surface area contributed by atoms with Crippen molar-refractivity contribution < 1.29 is 0 Å². The predicted octanol–water partition coefficient (Wildman–Crippen LogP) is 2.05. The molecule has 2 atom stereocenters. The van der Waals surface area contributed by atoms with Gasteiger partial charge in [0.2, 0.25) is 0 Å². The Kier molecular flexibility index (Phi) is 4.50. The minimum Gasteiger partial charge on any atom is -0.363 e. The van der Waals surface area contributed by atoms with E-state index in [1.807, 2.05) is 0 Å². The first-order valence-corrected chi connectivity index (χ1v) is 5.67. The number of nitrogens with one attached hydrogen (secondary N) is 2. The Morgan fingerprint density at radius 3 is 2.85 bits per heavy atom. The van der Waals surface area contributed by atoms with E-state index in [1.165, 1.54) is 25.7 Å². The first kappa shape index (κ1) is 10.8. The van der Waals surface area contributed by atoms with E-state index in [4.69, 9.17) is 12.2 Å². The Bertz CT molecular complexity index is 170. The second-order valence-electron chi connectivity index (χ2n) is 3.97. The zero-order valence-corrected chi connectivity index (χ0v) is 9.41. The molecule has 1 aliphatic carbocycles. The molecule has 1 fully saturated rings. The highest BCUT2D eigenvalue weighted by Crippen LogP contribution is 2.23. The monoisotopic (exact) mass is 200 g/mol. The third-order valence-electron chi connectivity index (χ3n) is 2.61. The maximum Gasteiger partial charge on any atom is 0.166 e. The lowest BCUT2D eigenvalue weighted by Gasteiger charge is -2.28. The van der Waals surface area contributed by atoms with Gasteiger partial charge in [0.1, 0.15) is 0 Å². The van der Waals surface area contributed by atoms with Crippen LogP contribution in [0.15, 0.2) is 0 Å². The molecule has 2 unspecified atom stereocenters. The quantitative estimate of drug-likeness (QED) is 0.667. The minimum absolute atomic E-state index is 0.607. The molecule has 2 N–H and O–H groups in total. The van der Waals surface area contributed by atoms with Crippen molar-refractivity contribution in [2.24, 2.45) is 5.92 Å². The van der Waals surface area contributed by atoms with Gasteiger partial charge < -0.3 is 10.6 Å². The van der Waals surface area contributed by atoms with Crippen LogP contribution in [0.4, 0.5) is 0 Å². The number of rotatable bonds is 2. The molecular formula is C10H20N2S. The molecule has 1 rings (SSSR count). The van der Waals surface area contributed by atoms with Crippen LogP contribution in [0.3, 0.4) is 0 Å². The molecule has 0 aromatic heterocycles. The summed E-state index contributed by atoms with van der Waals surface area (Å²) < 4.78 is 0. The zero-order chi connectivity index (χ0) is 9.68. The Labute approximate surface area is 86.5 Å². The van der Waals surface area contributed by atoms with Crippen molar-refractivity contribution in [1.29, 1.82) is 0 Å². The molecule has 0 aromatic rings. The summed E-state index contributed by atoms with van der Waals surface area (Å²) in [6.07, 6.45) is 5.27. The van der Waals surface area contributed by atoms with Crippen LogP contribution in [0, 0.1) is 5.92 Å². The molecule has 0 saturated heterocycles. The molecular weight excluding hydrogens is 180 g/mol. The van der Waals surface area contributed by atoms with Gasteiger partial charge in [0, 0.05) is 12.6 Å². The smallest absolute Gasteiger partial charge is 0.166 e. The van der Waals surface area contributed by atoms with E-state index in [0.29, 0.717) is 6.04 Å². The predicted molar refractivity (Wildman–Crippen MR) is 60.8 cm³/mol. The fourth-order valence-corrected chi connectivity index (χ4v) is 2.27. The highest BCUT2D eigenvalue weighted by Gasteiger charge is 2.18. The van der Waals surface area contributed by atoms with Crippen LogP contribution < -0.4 is 10.6 Å². The second-order valence-corrected chi connectivity index (χ2v) is 4.38. The lowest BCUT2D eigenvalue weighted by molar-refractivity contribution is 0.325. The van der Waals surface area contributed by atoms with Crippen LogP contribution in [-0.2, 0) is 0 Å². The molecule has 0 aromatic carbocycles. The summed E-state index contributed by atoms with van der Waals surface area (Å²) in [7, 11) is 0. The van der Waals surface area contributed by atoms with E-state index >= 15 is 0 Å². The van der Waals surface area contributed by atoms with Gasteiger partial charge >= 0.3 is 0 Å². The molecule has 0 heterocycles. The van der Waals surface area contributed by atoms with Crippen molar-refractivity contribution in [2.45, 2.75) is 45.6 Å². The summed E-state index contributed by atoms with van der Waals surface area (Å²) in [5, 5.41) is 7.32. The molecule has 0 amide bonds. The van der Waals surface area contributed by atoms with Gasteiger partial charge in [0.15, 0.2) is 5.11 Å². The molecule has 0 aliphatic heterocycles. The van der Waals surface area contributed by atoms with E-state index in [9.17, 15) is 0 Å². The fraction of sp³-hybridized carbons (Fsp3) is 0.900. The average Bonchev–Trinajstić information content (AvgIpc) is 2.04. The van der Waals surface area contributed by atoms with E-state index in [-0.39, 0.29) is 0 Å². The van der Waals surface area contributed by atoms with Gasteiger partial charge in [-0.05, 0) is 37.9 Å². The maximum absolute atomic E-state index is 5.15. The Hall–Kier alpha value is -0.310. The Morgan fingerprint density at radius 2 is 2.23 bits per heavy atom. The normalized spacial score (nSPS) is 28.2. The van der Waals surface area contributed by atoms with Gasteiger partial charge in [-0.3, -0.25) is 0 Å². The van der Waals surface area contributed by atoms with Crippen LogP contribution in [0.5, 0.6) is 0 Å². The van der Waals surface area contributed by atoms with Gasteiger partial charge in [0.05, 0.1) is 0 Å². The standard InChI is InChI=1S/C10H20N2S/c1-3-11-10(13)12-9-6-4-5-8(2)7-9/h8-9H,3-7H2,1-2H3,(H2,11,12,13). The van der Waals surface area contributed by atoms with Crippen LogP contribution in [0.25, 0.3) is 0 Å². The second kappa shape index (κ2) is 5.43. The Morgan fingerprint density at radius 1 is 1.46 bits per heavy atom. The summed E-state index contributed by atoms with van der Waals surface area (Å²) in [5.41, 5.74) is 0. The number of hydrogen-bond acceptors (Lipinski definition) is 1.